The molecule has 3 rings (SSSR count). The van der Waals surface area contributed by atoms with E-state index in [1.165, 1.54) is 135 Å². The van der Waals surface area contributed by atoms with E-state index in [-0.39, 0.29) is 64.7 Å². The molecule has 0 fully saturated rings. The number of rotatable bonds is 32. The average Bonchev–Trinajstić information content (AvgIpc) is 3.20. The largest absolute Gasteiger partial charge is 0.507 e. The van der Waals surface area contributed by atoms with Crippen molar-refractivity contribution in [3.63, 3.8) is 0 Å². The summed E-state index contributed by atoms with van der Waals surface area (Å²) in [7, 11) is 0. The van der Waals surface area contributed by atoms with E-state index in [9.17, 15) is 25.2 Å². The fourth-order valence-electron chi connectivity index (χ4n) is 7.79. The molecule has 0 bridgehead atoms. The molecule has 2 atom stereocenters. The van der Waals surface area contributed by atoms with Gasteiger partial charge in [0.25, 0.3) is 0 Å². The molecule has 0 aliphatic rings. The maximum atomic E-state index is 13.9. The summed E-state index contributed by atoms with van der Waals surface area (Å²) in [6.45, 7) is 11.5. The molecule has 3 aromatic rings. The predicted octanol–water partition coefficient (Wildman–Crippen LogP) is 13.6. The molecular formula is C51H78O7. The first-order valence-corrected chi connectivity index (χ1v) is 22.9. The lowest BCUT2D eigenvalue weighted by atomic mass is 9.93. The summed E-state index contributed by atoms with van der Waals surface area (Å²) in [5.41, 5.74) is 2.33. The van der Waals surface area contributed by atoms with Crippen molar-refractivity contribution in [2.45, 2.75) is 200 Å². The maximum Gasteiger partial charge on any atom is 0.204 e. The van der Waals surface area contributed by atoms with Gasteiger partial charge in [0, 0.05) is 17.5 Å². The first-order chi connectivity index (χ1) is 28.1. The fraction of sp³-hybridized carbons (Fsp3) is 0.627. The van der Waals surface area contributed by atoms with Gasteiger partial charge in [-0.15, -0.1) is 0 Å². The molecule has 1 aromatic heterocycles. The number of allylic oxidation sites excluding steroid dienone is 2. The van der Waals surface area contributed by atoms with Crippen LogP contribution in [0.1, 0.15) is 187 Å². The normalized spacial score (nSPS) is 12.5. The monoisotopic (exact) mass is 803 g/mol. The highest BCUT2D eigenvalue weighted by atomic mass is 16.5. The Morgan fingerprint density at radius 1 is 0.724 bits per heavy atom. The van der Waals surface area contributed by atoms with Crippen molar-refractivity contribution in [2.24, 2.45) is 0 Å². The van der Waals surface area contributed by atoms with Crippen molar-refractivity contribution < 1.29 is 29.6 Å². The Kier molecular flexibility index (Phi) is 23.6. The number of phenolic OH excluding ortho intramolecular Hbond substituents is 2. The summed E-state index contributed by atoms with van der Waals surface area (Å²) in [5, 5.41) is 43.1. The zero-order valence-electron chi connectivity index (χ0n) is 36.7. The quantitative estimate of drug-likeness (QED) is 0.0366. The molecule has 0 aliphatic heterocycles. The molecule has 0 saturated heterocycles. The summed E-state index contributed by atoms with van der Waals surface area (Å²) in [6, 6.07) is 7.06. The highest BCUT2D eigenvalue weighted by Gasteiger charge is 2.25. The Balaban J connectivity index is 1.37. The lowest BCUT2D eigenvalue weighted by Gasteiger charge is -2.18. The highest BCUT2D eigenvalue weighted by molar-refractivity contribution is 5.92. The van der Waals surface area contributed by atoms with Crippen LogP contribution in [0.2, 0.25) is 0 Å². The van der Waals surface area contributed by atoms with Crippen LogP contribution in [0.25, 0.3) is 22.1 Å². The standard InChI is InChI=1S/C51H78O7/c1-6-7-8-9-10-11-12-13-14-15-16-17-18-19-20-21-22-23-24-25-26-27-28-42(36-52)58-41-32-30-40(31-33-41)45-37-57-51-44(35-46(53)39(4)5)48(54)43(34-29-38(2)3)49(55)47(51)50(45)56/h29-33,37,42,46,52-55H,4,6-28,34-36H2,1-3,5H3/t42-,46+/m1/s1. The minimum atomic E-state index is -0.974. The molecule has 7 nitrogen and oxygen atoms in total. The second-order valence-electron chi connectivity index (χ2n) is 17.0. The number of aromatic hydroxyl groups is 2. The number of ether oxygens (including phenoxy) is 1. The van der Waals surface area contributed by atoms with Crippen molar-refractivity contribution in [2.75, 3.05) is 6.61 Å². The first kappa shape index (κ1) is 48.8. The molecular weight excluding hydrogens is 725 g/mol. The zero-order valence-corrected chi connectivity index (χ0v) is 36.7. The van der Waals surface area contributed by atoms with E-state index in [1.54, 1.807) is 31.2 Å². The van der Waals surface area contributed by atoms with Gasteiger partial charge in [-0.1, -0.05) is 178 Å². The minimum Gasteiger partial charge on any atom is -0.507 e. The fourth-order valence-corrected chi connectivity index (χ4v) is 7.79. The summed E-state index contributed by atoms with van der Waals surface area (Å²) >= 11 is 0. The Bertz CT molecular complexity index is 1700. The average molecular weight is 803 g/mol. The Hall–Kier alpha value is -3.55. The first-order valence-electron chi connectivity index (χ1n) is 22.9. The lowest BCUT2D eigenvalue weighted by molar-refractivity contribution is 0.106. The van der Waals surface area contributed by atoms with E-state index in [0.29, 0.717) is 16.9 Å². The number of benzene rings is 2. The van der Waals surface area contributed by atoms with Gasteiger partial charge in [0.05, 0.1) is 18.3 Å². The number of hydrogen-bond acceptors (Lipinski definition) is 7. The molecule has 0 amide bonds. The summed E-state index contributed by atoms with van der Waals surface area (Å²) in [4.78, 5) is 13.9. The zero-order chi connectivity index (χ0) is 42.1. The third-order valence-electron chi connectivity index (χ3n) is 11.6. The van der Waals surface area contributed by atoms with Gasteiger partial charge in [0.15, 0.2) is 0 Å². The van der Waals surface area contributed by atoms with Crippen LogP contribution < -0.4 is 10.2 Å². The number of hydrogen-bond donors (Lipinski definition) is 4. The van der Waals surface area contributed by atoms with Gasteiger partial charge in [-0.25, -0.2) is 0 Å². The molecule has 0 aliphatic carbocycles. The minimum absolute atomic E-state index is 0.0281. The summed E-state index contributed by atoms with van der Waals surface area (Å²) in [5.74, 6) is 0.0503. The van der Waals surface area contributed by atoms with E-state index in [2.05, 4.69) is 13.5 Å². The van der Waals surface area contributed by atoms with Crippen LogP contribution >= 0.6 is 0 Å². The second kappa shape index (κ2) is 28.0. The van der Waals surface area contributed by atoms with Crippen molar-refractivity contribution >= 4 is 11.0 Å². The number of aliphatic hydroxyl groups is 2. The number of unbranched alkanes of at least 4 members (excludes halogenated alkanes) is 21. The van der Waals surface area contributed by atoms with Crippen molar-refractivity contribution in [1.82, 2.24) is 0 Å². The Morgan fingerprint density at radius 3 is 1.66 bits per heavy atom. The van der Waals surface area contributed by atoms with Crippen LogP contribution in [0, 0.1) is 0 Å². The van der Waals surface area contributed by atoms with Gasteiger partial charge >= 0.3 is 0 Å². The third kappa shape index (κ3) is 17.0. The molecule has 4 N–H and O–H groups in total. The van der Waals surface area contributed by atoms with Crippen LogP contribution in [0.4, 0.5) is 0 Å². The van der Waals surface area contributed by atoms with E-state index < -0.39 is 11.5 Å². The molecule has 7 heteroatoms. The van der Waals surface area contributed by atoms with Crippen LogP contribution in [0.15, 0.2) is 63.5 Å². The van der Waals surface area contributed by atoms with Crippen LogP contribution in [0.5, 0.6) is 17.2 Å². The Morgan fingerprint density at radius 2 is 1.21 bits per heavy atom. The SMILES string of the molecule is C=C(C)[C@@H](O)Cc1c(O)c(CC=C(C)C)c(O)c2c(=O)c(-c3ccc(O[C@@H](CO)CCCCCCCCCCCCCCCCCCCCCCCC)cc3)coc12. The second-order valence-corrected chi connectivity index (χ2v) is 17.0. The van der Waals surface area contributed by atoms with Gasteiger partial charge in [0.2, 0.25) is 5.43 Å². The van der Waals surface area contributed by atoms with E-state index in [0.717, 1.165) is 24.8 Å². The molecule has 1 heterocycles. The molecule has 324 valence electrons. The van der Waals surface area contributed by atoms with Crippen molar-refractivity contribution in [3.05, 3.63) is 75.7 Å². The maximum absolute atomic E-state index is 13.9. The third-order valence-corrected chi connectivity index (χ3v) is 11.6. The molecule has 2 aromatic carbocycles. The summed E-state index contributed by atoms with van der Waals surface area (Å²) < 4.78 is 12.1. The highest BCUT2D eigenvalue weighted by Crippen LogP contribution is 2.41. The molecule has 0 saturated carbocycles. The van der Waals surface area contributed by atoms with Crippen LogP contribution in [-0.4, -0.2) is 39.2 Å². The van der Waals surface area contributed by atoms with Crippen LogP contribution in [0.3, 0.4) is 0 Å². The van der Waals surface area contributed by atoms with Crippen molar-refractivity contribution in [3.8, 4) is 28.4 Å². The predicted molar refractivity (Wildman–Crippen MR) is 242 cm³/mol. The van der Waals surface area contributed by atoms with E-state index in [1.807, 2.05) is 19.9 Å². The van der Waals surface area contributed by atoms with Crippen LogP contribution in [-0.2, 0) is 12.8 Å². The van der Waals surface area contributed by atoms with Gasteiger partial charge < -0.3 is 29.6 Å². The number of phenols is 2. The van der Waals surface area contributed by atoms with Gasteiger partial charge in [-0.3, -0.25) is 4.79 Å². The van der Waals surface area contributed by atoms with E-state index >= 15 is 0 Å². The smallest absolute Gasteiger partial charge is 0.204 e. The lowest BCUT2D eigenvalue weighted by Crippen LogP contribution is -2.21. The number of fused-ring (bicyclic) bond motifs is 1. The molecule has 58 heavy (non-hydrogen) atoms. The molecule has 0 spiro atoms. The molecule has 0 unspecified atom stereocenters. The van der Waals surface area contributed by atoms with Crippen molar-refractivity contribution in [1.29, 1.82) is 0 Å². The van der Waals surface area contributed by atoms with Gasteiger partial charge in [-0.05, 0) is 57.7 Å². The number of aliphatic hydroxyl groups excluding tert-OH is 2. The van der Waals surface area contributed by atoms with Gasteiger partial charge in [0.1, 0.15) is 40.6 Å². The Labute approximate surface area is 350 Å². The van der Waals surface area contributed by atoms with E-state index in [4.69, 9.17) is 9.15 Å². The summed E-state index contributed by atoms with van der Waals surface area (Å²) in [6.07, 6.45) is 32.7. The topological polar surface area (TPSA) is 120 Å². The van der Waals surface area contributed by atoms with Gasteiger partial charge in [-0.2, -0.15) is 0 Å². The molecule has 0 radical (unpaired) electrons.